The van der Waals surface area contributed by atoms with Gasteiger partial charge >= 0.3 is 12.1 Å². The molecule has 0 atom stereocenters. The van der Waals surface area contributed by atoms with Gasteiger partial charge in [0.2, 0.25) is 5.91 Å². The van der Waals surface area contributed by atoms with Crippen LogP contribution in [0.1, 0.15) is 68.1 Å². The van der Waals surface area contributed by atoms with Crippen LogP contribution in [0, 0.1) is 0 Å². The highest BCUT2D eigenvalue weighted by Crippen LogP contribution is 2.38. The first kappa shape index (κ1) is 25.3. The average Bonchev–Trinajstić information content (AvgIpc) is 3.21. The van der Waals surface area contributed by atoms with Crippen molar-refractivity contribution in [2.24, 2.45) is 0 Å². The maximum Gasteiger partial charge on any atom is 0.407 e. The number of carbonyl (C=O) groups excluding carboxylic acids is 2. The van der Waals surface area contributed by atoms with E-state index >= 15 is 0 Å². The molecule has 182 valence electrons. The number of rotatable bonds is 14. The number of carbonyl (C=O) groups is 3. The standard InChI is InChI=1S/C27H34N2O5/c30-25(28-16-7-2-4-15-26(31)32)14-3-1-8-17-29-27(33)34-19-21-11-9-13-23-22-12-6-5-10-20(22)18-24(21)23/h5-6,9-13H,1-4,7-8,14-19H2,(H,28,30)(H,29,33)(H,31,32). The highest BCUT2D eigenvalue weighted by Gasteiger charge is 2.20. The van der Waals surface area contributed by atoms with Gasteiger partial charge in [0.05, 0.1) is 0 Å². The average molecular weight is 467 g/mol. The molecule has 0 fully saturated rings. The summed E-state index contributed by atoms with van der Waals surface area (Å²) in [7, 11) is 0. The number of nitrogens with one attached hydrogen (secondary N) is 2. The molecule has 0 aliphatic heterocycles. The largest absolute Gasteiger partial charge is 0.481 e. The second-order valence-electron chi connectivity index (χ2n) is 8.65. The van der Waals surface area contributed by atoms with E-state index in [1.165, 1.54) is 22.3 Å². The molecule has 3 N–H and O–H groups in total. The number of benzene rings is 2. The lowest BCUT2D eigenvalue weighted by Crippen LogP contribution is -2.26. The van der Waals surface area contributed by atoms with E-state index in [0.717, 1.165) is 44.1 Å². The van der Waals surface area contributed by atoms with Gasteiger partial charge in [-0.2, -0.15) is 0 Å². The Kier molecular flexibility index (Phi) is 9.95. The molecule has 3 rings (SSSR count). The van der Waals surface area contributed by atoms with Gasteiger partial charge in [-0.1, -0.05) is 55.3 Å². The van der Waals surface area contributed by atoms with Crippen molar-refractivity contribution in [3.8, 4) is 11.1 Å². The molecule has 0 radical (unpaired) electrons. The predicted octanol–water partition coefficient (Wildman–Crippen LogP) is 4.81. The highest BCUT2D eigenvalue weighted by molar-refractivity contribution is 5.78. The van der Waals surface area contributed by atoms with E-state index in [2.05, 4.69) is 28.8 Å². The molecule has 7 nitrogen and oxygen atoms in total. The number of aliphatic carboxylic acids is 1. The lowest BCUT2D eigenvalue weighted by molar-refractivity contribution is -0.137. The lowest BCUT2D eigenvalue weighted by atomic mass is 10.0. The summed E-state index contributed by atoms with van der Waals surface area (Å²) in [4.78, 5) is 34.3. The number of carboxylic acid groups (broad SMARTS) is 1. The van der Waals surface area contributed by atoms with Crippen LogP contribution in [-0.2, 0) is 27.4 Å². The van der Waals surface area contributed by atoms with Crippen molar-refractivity contribution in [2.75, 3.05) is 13.1 Å². The maximum absolute atomic E-state index is 12.1. The van der Waals surface area contributed by atoms with E-state index in [4.69, 9.17) is 9.84 Å². The molecule has 2 amide bonds. The van der Waals surface area contributed by atoms with E-state index < -0.39 is 12.1 Å². The van der Waals surface area contributed by atoms with Crippen LogP contribution < -0.4 is 10.6 Å². The number of carboxylic acids is 1. The van der Waals surface area contributed by atoms with Crippen LogP contribution in [-0.4, -0.2) is 36.2 Å². The summed E-state index contributed by atoms with van der Waals surface area (Å²) < 4.78 is 5.44. The zero-order chi connectivity index (χ0) is 24.2. The van der Waals surface area contributed by atoms with Gasteiger partial charge < -0.3 is 20.5 Å². The van der Waals surface area contributed by atoms with Crippen LogP contribution in [0.2, 0.25) is 0 Å². The number of amides is 2. The van der Waals surface area contributed by atoms with Crippen molar-refractivity contribution in [2.45, 2.75) is 64.4 Å². The van der Waals surface area contributed by atoms with Crippen molar-refractivity contribution >= 4 is 18.0 Å². The fourth-order valence-corrected chi connectivity index (χ4v) is 4.22. The Labute approximate surface area is 200 Å². The fraction of sp³-hybridized carbons (Fsp3) is 0.444. The SMILES string of the molecule is O=C(O)CCCCCNC(=O)CCCCCNC(=O)OCc1cccc2c1Cc1ccccc1-2. The van der Waals surface area contributed by atoms with Gasteiger partial charge in [-0.05, 0) is 59.9 Å². The Morgan fingerprint density at radius 2 is 1.50 bits per heavy atom. The van der Waals surface area contributed by atoms with Crippen LogP contribution in [0.3, 0.4) is 0 Å². The molecule has 34 heavy (non-hydrogen) atoms. The Balaban J connectivity index is 1.23. The van der Waals surface area contributed by atoms with E-state index in [-0.39, 0.29) is 18.9 Å². The van der Waals surface area contributed by atoms with E-state index in [1.807, 2.05) is 24.3 Å². The summed E-state index contributed by atoms with van der Waals surface area (Å²) >= 11 is 0. The molecule has 7 heteroatoms. The first-order valence-corrected chi connectivity index (χ1v) is 12.1. The summed E-state index contributed by atoms with van der Waals surface area (Å²) in [6.45, 7) is 1.35. The topological polar surface area (TPSA) is 105 Å². The zero-order valence-corrected chi connectivity index (χ0v) is 19.6. The second-order valence-corrected chi connectivity index (χ2v) is 8.65. The summed E-state index contributed by atoms with van der Waals surface area (Å²) in [5.74, 6) is -0.763. The van der Waals surface area contributed by atoms with Crippen LogP contribution in [0.4, 0.5) is 4.79 Å². The number of hydrogen-bond acceptors (Lipinski definition) is 4. The molecule has 1 aliphatic carbocycles. The highest BCUT2D eigenvalue weighted by atomic mass is 16.5. The van der Waals surface area contributed by atoms with Crippen molar-refractivity contribution in [1.82, 2.24) is 10.6 Å². The third-order valence-electron chi connectivity index (χ3n) is 6.05. The van der Waals surface area contributed by atoms with Gasteiger partial charge in [-0.15, -0.1) is 0 Å². The van der Waals surface area contributed by atoms with Crippen LogP contribution >= 0.6 is 0 Å². The third kappa shape index (κ3) is 7.90. The van der Waals surface area contributed by atoms with E-state index in [0.29, 0.717) is 25.9 Å². The second kappa shape index (κ2) is 13.4. The molecule has 0 heterocycles. The zero-order valence-electron chi connectivity index (χ0n) is 19.6. The van der Waals surface area contributed by atoms with Crippen molar-refractivity contribution in [3.63, 3.8) is 0 Å². The Hall–Kier alpha value is -3.35. The number of hydrogen-bond donors (Lipinski definition) is 3. The lowest BCUT2D eigenvalue weighted by Gasteiger charge is -2.10. The van der Waals surface area contributed by atoms with E-state index in [9.17, 15) is 14.4 Å². The molecule has 0 saturated heterocycles. The quantitative estimate of drug-likeness (QED) is 0.296. The molecule has 0 unspecified atom stereocenters. The molecule has 2 aromatic carbocycles. The Morgan fingerprint density at radius 3 is 2.29 bits per heavy atom. The Bertz CT molecular complexity index is 989. The van der Waals surface area contributed by atoms with Gasteiger partial charge in [0.15, 0.2) is 0 Å². The van der Waals surface area contributed by atoms with Gasteiger partial charge in [0.1, 0.15) is 6.61 Å². The van der Waals surface area contributed by atoms with Crippen LogP contribution in [0.25, 0.3) is 11.1 Å². The molecular weight excluding hydrogens is 432 g/mol. The predicted molar refractivity (Wildman–Crippen MR) is 130 cm³/mol. The summed E-state index contributed by atoms with van der Waals surface area (Å²) in [5.41, 5.74) is 6.05. The third-order valence-corrected chi connectivity index (χ3v) is 6.05. The molecule has 0 spiro atoms. The normalized spacial score (nSPS) is 11.4. The van der Waals surface area contributed by atoms with Crippen molar-refractivity contribution in [1.29, 1.82) is 0 Å². The number of alkyl carbamates (subject to hydrolysis) is 1. The first-order valence-electron chi connectivity index (χ1n) is 12.1. The van der Waals surface area contributed by atoms with E-state index in [1.54, 1.807) is 0 Å². The van der Waals surface area contributed by atoms with Gasteiger partial charge in [-0.3, -0.25) is 9.59 Å². The van der Waals surface area contributed by atoms with Crippen LogP contribution in [0.5, 0.6) is 0 Å². The molecule has 0 aromatic heterocycles. The van der Waals surface area contributed by atoms with Crippen molar-refractivity contribution < 1.29 is 24.2 Å². The van der Waals surface area contributed by atoms with Gasteiger partial charge in [-0.25, -0.2) is 4.79 Å². The molecule has 2 aromatic rings. The number of fused-ring (bicyclic) bond motifs is 3. The first-order chi connectivity index (χ1) is 16.5. The molecule has 0 bridgehead atoms. The fourth-order valence-electron chi connectivity index (χ4n) is 4.22. The Morgan fingerprint density at radius 1 is 0.794 bits per heavy atom. The minimum Gasteiger partial charge on any atom is -0.481 e. The van der Waals surface area contributed by atoms with Crippen LogP contribution in [0.15, 0.2) is 42.5 Å². The number of unbranched alkanes of at least 4 members (excludes halogenated alkanes) is 4. The summed E-state index contributed by atoms with van der Waals surface area (Å²) in [5, 5.41) is 14.2. The minimum absolute atomic E-state index is 0.0168. The van der Waals surface area contributed by atoms with Crippen molar-refractivity contribution in [3.05, 3.63) is 59.2 Å². The van der Waals surface area contributed by atoms with Gasteiger partial charge in [0, 0.05) is 25.9 Å². The summed E-state index contributed by atoms with van der Waals surface area (Å²) in [6.07, 6.45) is 5.71. The summed E-state index contributed by atoms with van der Waals surface area (Å²) in [6, 6.07) is 14.5. The minimum atomic E-state index is -0.780. The van der Waals surface area contributed by atoms with Gasteiger partial charge in [0.25, 0.3) is 0 Å². The molecule has 0 saturated carbocycles. The smallest absolute Gasteiger partial charge is 0.407 e. The monoisotopic (exact) mass is 466 g/mol. The maximum atomic E-state index is 12.1. The number of ether oxygens (including phenoxy) is 1. The molecular formula is C27H34N2O5. The molecule has 1 aliphatic rings.